The molecular formula is C14H24N4OS. The molecule has 0 spiro atoms. The van der Waals surface area contributed by atoms with Gasteiger partial charge in [0.2, 0.25) is 0 Å². The second-order valence-corrected chi connectivity index (χ2v) is 6.65. The van der Waals surface area contributed by atoms with Crippen molar-refractivity contribution in [3.63, 3.8) is 0 Å². The van der Waals surface area contributed by atoms with Crippen LogP contribution in [-0.4, -0.2) is 22.4 Å². The number of carbonyl (C=O) groups excluding carboxylic acids is 1. The van der Waals surface area contributed by atoms with Gasteiger partial charge >= 0.3 is 0 Å². The number of nitrogens with two attached hydrogens (primary N) is 1. The number of anilines is 2. The van der Waals surface area contributed by atoms with Crippen LogP contribution in [0.1, 0.15) is 56.8 Å². The maximum atomic E-state index is 12.2. The van der Waals surface area contributed by atoms with E-state index in [0.29, 0.717) is 23.3 Å². The second-order valence-electron chi connectivity index (χ2n) is 5.88. The number of carbonyl (C=O) groups is 1. The molecule has 0 bridgehead atoms. The fourth-order valence-electron chi connectivity index (χ4n) is 2.74. The van der Waals surface area contributed by atoms with Crippen LogP contribution in [-0.2, 0) is 0 Å². The van der Waals surface area contributed by atoms with Gasteiger partial charge in [0.1, 0.15) is 10.6 Å². The fourth-order valence-corrected chi connectivity index (χ4v) is 3.54. The van der Waals surface area contributed by atoms with E-state index in [4.69, 9.17) is 5.73 Å². The molecule has 1 saturated carbocycles. The Bertz CT molecular complexity index is 466. The maximum absolute atomic E-state index is 12.2. The molecule has 1 fully saturated rings. The van der Waals surface area contributed by atoms with E-state index >= 15 is 0 Å². The fraction of sp³-hybridized carbons (Fsp3) is 0.714. The third-order valence-electron chi connectivity index (χ3n) is 3.83. The van der Waals surface area contributed by atoms with Gasteiger partial charge < -0.3 is 16.4 Å². The lowest BCUT2D eigenvalue weighted by Crippen LogP contribution is -2.31. The summed E-state index contributed by atoms with van der Waals surface area (Å²) in [6.45, 7) is 6.04. The number of rotatable bonds is 5. The standard InChI is InChI=1S/C14H24N4OS/c1-8(2)16-13(19)11-12(15)18-20-14(11)17-9(3)10-6-4-5-7-10/h8-10,17H,4-7H2,1-3H3,(H2,15,18)(H,16,19). The monoisotopic (exact) mass is 296 g/mol. The SMILES string of the molecule is CC(C)NC(=O)c1c(N)nsc1NC(C)C1CCCC1. The summed E-state index contributed by atoms with van der Waals surface area (Å²) < 4.78 is 4.12. The minimum absolute atomic E-state index is 0.0851. The molecule has 6 heteroatoms. The van der Waals surface area contributed by atoms with Crippen LogP contribution in [0.2, 0.25) is 0 Å². The molecule has 1 heterocycles. The lowest BCUT2D eigenvalue weighted by molar-refractivity contribution is 0.0945. The van der Waals surface area contributed by atoms with E-state index in [9.17, 15) is 4.79 Å². The van der Waals surface area contributed by atoms with Gasteiger partial charge in [0, 0.05) is 12.1 Å². The van der Waals surface area contributed by atoms with Crippen LogP contribution in [0.3, 0.4) is 0 Å². The van der Waals surface area contributed by atoms with Crippen LogP contribution in [0.15, 0.2) is 0 Å². The van der Waals surface area contributed by atoms with E-state index < -0.39 is 0 Å². The summed E-state index contributed by atoms with van der Waals surface area (Å²) >= 11 is 1.27. The molecule has 20 heavy (non-hydrogen) atoms. The molecule has 0 aromatic carbocycles. The van der Waals surface area contributed by atoms with E-state index in [1.54, 1.807) is 0 Å². The molecule has 1 aromatic heterocycles. The summed E-state index contributed by atoms with van der Waals surface area (Å²) in [6, 6.07) is 0.435. The second kappa shape index (κ2) is 6.43. The van der Waals surface area contributed by atoms with Crippen LogP contribution in [0.25, 0.3) is 0 Å². The number of nitrogen functional groups attached to an aromatic ring is 1. The van der Waals surface area contributed by atoms with Crippen molar-refractivity contribution < 1.29 is 4.79 Å². The molecule has 1 aromatic rings. The predicted molar refractivity (Wildman–Crippen MR) is 84.2 cm³/mol. The van der Waals surface area contributed by atoms with Gasteiger partial charge in [-0.25, -0.2) is 0 Å². The van der Waals surface area contributed by atoms with Gasteiger partial charge in [0.15, 0.2) is 5.82 Å². The number of nitrogens with zero attached hydrogens (tertiary/aromatic N) is 1. The summed E-state index contributed by atoms with van der Waals surface area (Å²) in [4.78, 5) is 12.2. The van der Waals surface area contributed by atoms with Crippen molar-refractivity contribution in [3.05, 3.63) is 5.56 Å². The third-order valence-corrected chi connectivity index (χ3v) is 4.62. The largest absolute Gasteiger partial charge is 0.382 e. The predicted octanol–water partition coefficient (Wildman–Crippen LogP) is 2.85. The zero-order chi connectivity index (χ0) is 14.7. The van der Waals surface area contributed by atoms with Gasteiger partial charge in [-0.2, -0.15) is 4.37 Å². The highest BCUT2D eigenvalue weighted by molar-refractivity contribution is 7.11. The van der Waals surface area contributed by atoms with Crippen LogP contribution >= 0.6 is 11.5 Å². The quantitative estimate of drug-likeness (QED) is 0.780. The first-order valence-electron chi connectivity index (χ1n) is 7.31. The normalized spacial score (nSPS) is 17.4. The molecule has 1 atom stereocenters. The molecule has 1 aliphatic rings. The van der Waals surface area contributed by atoms with E-state index in [0.717, 1.165) is 5.00 Å². The third kappa shape index (κ3) is 3.42. The van der Waals surface area contributed by atoms with E-state index in [1.165, 1.54) is 37.2 Å². The molecule has 0 saturated heterocycles. The van der Waals surface area contributed by atoms with Gasteiger partial charge in [0.25, 0.3) is 5.91 Å². The van der Waals surface area contributed by atoms with Gasteiger partial charge in [-0.05, 0) is 51.1 Å². The summed E-state index contributed by atoms with van der Waals surface area (Å²) in [6.07, 6.45) is 5.14. The topological polar surface area (TPSA) is 80.0 Å². The number of nitrogens with one attached hydrogen (secondary N) is 2. The molecule has 0 aliphatic heterocycles. The molecule has 112 valence electrons. The Labute approximate surface area is 124 Å². The molecule has 0 radical (unpaired) electrons. The van der Waals surface area contributed by atoms with Crippen LogP contribution in [0.5, 0.6) is 0 Å². The molecule has 4 N–H and O–H groups in total. The van der Waals surface area contributed by atoms with E-state index in [2.05, 4.69) is 21.9 Å². The Morgan fingerprint density at radius 2 is 2.00 bits per heavy atom. The highest BCUT2D eigenvalue weighted by Gasteiger charge is 2.25. The number of hydrogen-bond donors (Lipinski definition) is 3. The Balaban J connectivity index is 2.09. The van der Waals surface area contributed by atoms with Crippen molar-refractivity contribution in [2.45, 2.75) is 58.5 Å². The zero-order valence-electron chi connectivity index (χ0n) is 12.4. The smallest absolute Gasteiger partial charge is 0.258 e. The summed E-state index contributed by atoms with van der Waals surface area (Å²) in [5, 5.41) is 7.11. The summed E-state index contributed by atoms with van der Waals surface area (Å²) in [5.74, 6) is 0.848. The van der Waals surface area contributed by atoms with Crippen LogP contribution < -0.4 is 16.4 Å². The summed E-state index contributed by atoms with van der Waals surface area (Å²) in [7, 11) is 0. The Kier molecular flexibility index (Phi) is 4.86. The molecule has 2 rings (SSSR count). The van der Waals surface area contributed by atoms with E-state index in [1.807, 2.05) is 13.8 Å². The van der Waals surface area contributed by atoms with Crippen molar-refractivity contribution in [2.24, 2.45) is 5.92 Å². The molecule has 5 nitrogen and oxygen atoms in total. The Hall–Kier alpha value is -1.30. The number of amides is 1. The first-order valence-corrected chi connectivity index (χ1v) is 8.09. The van der Waals surface area contributed by atoms with Crippen molar-refractivity contribution in [1.82, 2.24) is 9.69 Å². The van der Waals surface area contributed by atoms with Crippen molar-refractivity contribution >= 4 is 28.3 Å². The number of hydrogen-bond acceptors (Lipinski definition) is 5. The van der Waals surface area contributed by atoms with Crippen LogP contribution in [0.4, 0.5) is 10.8 Å². The lowest BCUT2D eigenvalue weighted by atomic mass is 10.00. The molecule has 1 unspecified atom stereocenters. The molecule has 1 amide bonds. The summed E-state index contributed by atoms with van der Waals surface area (Å²) in [5.41, 5.74) is 6.34. The average Bonchev–Trinajstić information content (AvgIpc) is 2.98. The van der Waals surface area contributed by atoms with Gasteiger partial charge in [-0.15, -0.1) is 0 Å². The van der Waals surface area contributed by atoms with Gasteiger partial charge in [-0.1, -0.05) is 12.8 Å². The molecular weight excluding hydrogens is 272 g/mol. The maximum Gasteiger partial charge on any atom is 0.258 e. The van der Waals surface area contributed by atoms with Crippen molar-refractivity contribution in [3.8, 4) is 0 Å². The van der Waals surface area contributed by atoms with Gasteiger partial charge in [-0.3, -0.25) is 4.79 Å². The lowest BCUT2D eigenvalue weighted by Gasteiger charge is -2.21. The minimum atomic E-state index is -0.146. The Morgan fingerprint density at radius 3 is 2.60 bits per heavy atom. The van der Waals surface area contributed by atoms with E-state index in [-0.39, 0.29) is 11.9 Å². The molecule has 1 aliphatic carbocycles. The number of aromatic nitrogens is 1. The highest BCUT2D eigenvalue weighted by atomic mass is 32.1. The van der Waals surface area contributed by atoms with Crippen LogP contribution in [0, 0.1) is 5.92 Å². The first-order chi connectivity index (χ1) is 9.49. The van der Waals surface area contributed by atoms with Gasteiger partial charge in [0.05, 0.1) is 0 Å². The first kappa shape index (κ1) is 15.1. The van der Waals surface area contributed by atoms with Crippen molar-refractivity contribution in [1.29, 1.82) is 0 Å². The van der Waals surface area contributed by atoms with Crippen molar-refractivity contribution in [2.75, 3.05) is 11.1 Å². The Morgan fingerprint density at radius 1 is 1.35 bits per heavy atom. The average molecular weight is 296 g/mol. The zero-order valence-corrected chi connectivity index (χ0v) is 13.2. The minimum Gasteiger partial charge on any atom is -0.382 e. The highest BCUT2D eigenvalue weighted by Crippen LogP contribution is 2.32.